The molecule has 0 aliphatic carbocycles. The molecule has 0 spiro atoms. The van der Waals surface area contributed by atoms with Gasteiger partial charge in [0, 0.05) is 23.5 Å². The summed E-state index contributed by atoms with van der Waals surface area (Å²) in [5.74, 6) is 1.74. The van der Waals surface area contributed by atoms with Gasteiger partial charge in [0.1, 0.15) is 5.75 Å². The molecular weight excluding hydrogens is 306 g/mol. The summed E-state index contributed by atoms with van der Waals surface area (Å²) in [5.41, 5.74) is 1.96. The molecule has 2 aromatic rings. The summed E-state index contributed by atoms with van der Waals surface area (Å²) in [6, 6.07) is 11.2. The summed E-state index contributed by atoms with van der Waals surface area (Å²) in [6.45, 7) is 7.24. The van der Waals surface area contributed by atoms with Gasteiger partial charge in [0.05, 0.1) is 19.8 Å². The summed E-state index contributed by atoms with van der Waals surface area (Å²) < 4.78 is 16.5. The second kappa shape index (κ2) is 8.63. The Morgan fingerprint density at radius 2 is 1.38 bits per heavy atom. The summed E-state index contributed by atoms with van der Waals surface area (Å²) in [4.78, 5) is 3.29. The minimum Gasteiger partial charge on any atom is -0.494 e. The van der Waals surface area contributed by atoms with Crippen LogP contribution in [0.3, 0.4) is 0 Å². The predicted molar refractivity (Wildman–Crippen MR) is 94.4 cm³/mol. The number of diazo groups is 1. The van der Waals surface area contributed by atoms with Gasteiger partial charge in [0.25, 0.3) is 0 Å². The molecule has 0 unspecified atom stereocenters. The third-order valence-corrected chi connectivity index (χ3v) is 3.19. The Morgan fingerprint density at radius 3 is 1.83 bits per heavy atom. The van der Waals surface area contributed by atoms with Crippen LogP contribution >= 0.6 is 0 Å². The second-order valence-corrected chi connectivity index (χ2v) is 4.87. The Balaban J connectivity index is 2.30. The Kier molecular flexibility index (Phi) is 6.26. The van der Waals surface area contributed by atoms with Gasteiger partial charge in [-0.3, -0.25) is 0 Å². The van der Waals surface area contributed by atoms with E-state index in [-0.39, 0.29) is 5.69 Å². The predicted octanol–water partition coefficient (Wildman–Crippen LogP) is 5.11. The van der Waals surface area contributed by atoms with Crippen molar-refractivity contribution in [2.45, 2.75) is 20.8 Å². The van der Waals surface area contributed by atoms with Crippen molar-refractivity contribution in [2.75, 3.05) is 25.1 Å². The van der Waals surface area contributed by atoms with Crippen molar-refractivity contribution in [3.8, 4) is 17.2 Å². The van der Waals surface area contributed by atoms with Crippen LogP contribution in [0.1, 0.15) is 20.8 Å². The van der Waals surface area contributed by atoms with Crippen LogP contribution in [0.25, 0.3) is 4.98 Å². The minimum atomic E-state index is 0.288. The molecule has 0 saturated carbocycles. The first-order valence-corrected chi connectivity index (χ1v) is 8.00. The fraction of sp³-hybridized carbons (Fsp3) is 0.333. The standard InChI is InChI=1S/C18H22N3O3/c1-4-22-15-9-7-13(8-10-15)20-14-11-16(23-5-2)18(21-19)17(12-14)24-6-3/h7-12,20H,4-6H2,1-3H3/q+1. The van der Waals surface area contributed by atoms with Crippen LogP contribution in [0.5, 0.6) is 17.2 Å². The van der Waals surface area contributed by atoms with E-state index in [0.29, 0.717) is 31.3 Å². The van der Waals surface area contributed by atoms with E-state index < -0.39 is 0 Å². The van der Waals surface area contributed by atoms with Crippen molar-refractivity contribution in [3.63, 3.8) is 0 Å². The van der Waals surface area contributed by atoms with Crippen molar-refractivity contribution in [1.82, 2.24) is 0 Å². The van der Waals surface area contributed by atoms with E-state index in [1.807, 2.05) is 45.0 Å². The quantitative estimate of drug-likeness (QED) is 0.682. The van der Waals surface area contributed by atoms with Crippen LogP contribution in [0.15, 0.2) is 36.4 Å². The molecule has 0 aromatic heterocycles. The number of hydrogen-bond acceptors (Lipinski definition) is 5. The molecule has 0 fully saturated rings. The highest BCUT2D eigenvalue weighted by Crippen LogP contribution is 2.41. The topological polar surface area (TPSA) is 67.9 Å². The smallest absolute Gasteiger partial charge is 0.467 e. The first-order valence-electron chi connectivity index (χ1n) is 8.00. The van der Waals surface area contributed by atoms with Crippen molar-refractivity contribution >= 4 is 17.1 Å². The van der Waals surface area contributed by atoms with Gasteiger partial charge in [-0.15, -0.1) is 0 Å². The number of nitrogens with zero attached hydrogens (tertiary/aromatic N) is 2. The highest BCUT2D eigenvalue weighted by molar-refractivity contribution is 5.75. The zero-order chi connectivity index (χ0) is 17.4. The Bertz CT molecular complexity index is 681. The summed E-state index contributed by atoms with van der Waals surface area (Å²) in [7, 11) is 0. The molecule has 0 bridgehead atoms. The van der Waals surface area contributed by atoms with E-state index in [1.165, 1.54) is 0 Å². The number of hydrogen-bond donors (Lipinski definition) is 1. The lowest BCUT2D eigenvalue weighted by molar-refractivity contribution is 0.327. The summed E-state index contributed by atoms with van der Waals surface area (Å²) in [6.07, 6.45) is 0. The van der Waals surface area contributed by atoms with E-state index in [1.54, 1.807) is 12.1 Å². The normalized spacial score (nSPS) is 9.92. The van der Waals surface area contributed by atoms with Crippen LogP contribution in [0.4, 0.5) is 17.1 Å². The van der Waals surface area contributed by atoms with Gasteiger partial charge in [-0.25, -0.2) is 0 Å². The van der Waals surface area contributed by atoms with Gasteiger partial charge in [-0.05, 0) is 45.0 Å². The lowest BCUT2D eigenvalue weighted by Gasteiger charge is -2.11. The number of rotatable bonds is 8. The van der Waals surface area contributed by atoms with Gasteiger partial charge < -0.3 is 19.5 Å². The van der Waals surface area contributed by atoms with Crippen molar-refractivity contribution in [1.29, 1.82) is 5.39 Å². The van der Waals surface area contributed by atoms with Crippen LogP contribution in [-0.2, 0) is 0 Å². The molecule has 24 heavy (non-hydrogen) atoms. The molecule has 2 aromatic carbocycles. The molecule has 6 heteroatoms. The maximum atomic E-state index is 9.24. The fourth-order valence-electron chi connectivity index (χ4n) is 2.25. The molecule has 0 atom stereocenters. The van der Waals surface area contributed by atoms with E-state index >= 15 is 0 Å². The molecule has 0 amide bonds. The number of benzene rings is 2. The highest BCUT2D eigenvalue weighted by Gasteiger charge is 2.24. The number of ether oxygens (including phenoxy) is 3. The molecule has 0 saturated heterocycles. The number of nitrogens with one attached hydrogen (secondary N) is 1. The molecule has 6 nitrogen and oxygen atoms in total. The van der Waals surface area contributed by atoms with Crippen molar-refractivity contribution in [3.05, 3.63) is 41.4 Å². The van der Waals surface area contributed by atoms with Crippen molar-refractivity contribution in [2.24, 2.45) is 0 Å². The highest BCUT2D eigenvalue weighted by atomic mass is 16.5. The third kappa shape index (κ3) is 4.29. The van der Waals surface area contributed by atoms with E-state index in [0.717, 1.165) is 17.1 Å². The molecule has 2 rings (SSSR count). The van der Waals surface area contributed by atoms with E-state index in [4.69, 9.17) is 14.2 Å². The first-order chi connectivity index (χ1) is 11.7. The summed E-state index contributed by atoms with van der Waals surface area (Å²) >= 11 is 0. The Labute approximate surface area is 142 Å². The van der Waals surface area contributed by atoms with Crippen LogP contribution < -0.4 is 19.5 Å². The zero-order valence-electron chi connectivity index (χ0n) is 14.2. The molecule has 126 valence electrons. The maximum absolute atomic E-state index is 9.24. The molecular formula is C18H22N3O3+. The first kappa shape index (κ1) is 17.4. The molecule has 0 aliphatic rings. The minimum absolute atomic E-state index is 0.288. The number of anilines is 2. The molecule has 1 N–H and O–H groups in total. The van der Waals surface area contributed by atoms with Gasteiger partial charge >= 0.3 is 5.69 Å². The molecule has 0 radical (unpaired) electrons. The molecule has 0 heterocycles. The largest absolute Gasteiger partial charge is 0.494 e. The Hall–Kier alpha value is -2.94. The van der Waals surface area contributed by atoms with Crippen LogP contribution in [-0.4, -0.2) is 19.8 Å². The van der Waals surface area contributed by atoms with Gasteiger partial charge in [-0.2, -0.15) is 0 Å². The monoisotopic (exact) mass is 328 g/mol. The van der Waals surface area contributed by atoms with E-state index in [2.05, 4.69) is 10.3 Å². The fourth-order valence-corrected chi connectivity index (χ4v) is 2.25. The SMILES string of the molecule is CCOc1ccc(Nc2cc(OCC)c([N+]#N)c(OCC)c2)cc1. The third-order valence-electron chi connectivity index (χ3n) is 3.19. The van der Waals surface area contributed by atoms with Crippen molar-refractivity contribution < 1.29 is 14.2 Å². The molecule has 0 aliphatic heterocycles. The van der Waals surface area contributed by atoms with Gasteiger partial charge in [0.2, 0.25) is 16.9 Å². The zero-order valence-corrected chi connectivity index (χ0v) is 14.2. The lowest BCUT2D eigenvalue weighted by Crippen LogP contribution is -1.99. The average Bonchev–Trinajstić information content (AvgIpc) is 2.58. The van der Waals surface area contributed by atoms with Crippen LogP contribution in [0.2, 0.25) is 0 Å². The maximum Gasteiger partial charge on any atom is 0.467 e. The Morgan fingerprint density at radius 1 is 0.833 bits per heavy atom. The second-order valence-electron chi connectivity index (χ2n) is 4.87. The average molecular weight is 328 g/mol. The van der Waals surface area contributed by atoms with E-state index in [9.17, 15) is 5.39 Å². The lowest BCUT2D eigenvalue weighted by atomic mass is 10.2. The van der Waals surface area contributed by atoms with Crippen LogP contribution in [0, 0.1) is 5.39 Å². The van der Waals surface area contributed by atoms with Gasteiger partial charge in [-0.1, -0.05) is 0 Å². The summed E-state index contributed by atoms with van der Waals surface area (Å²) in [5, 5.41) is 12.5. The van der Waals surface area contributed by atoms with Gasteiger partial charge in [0.15, 0.2) is 4.98 Å².